The van der Waals surface area contributed by atoms with E-state index in [-0.39, 0.29) is 5.41 Å². The van der Waals surface area contributed by atoms with E-state index in [1.165, 1.54) is 11.3 Å². The van der Waals surface area contributed by atoms with E-state index < -0.39 is 0 Å². The third-order valence-electron chi connectivity index (χ3n) is 3.47. The minimum Gasteiger partial charge on any atom is -0.296 e. The summed E-state index contributed by atoms with van der Waals surface area (Å²) in [5.74, 6) is 0. The van der Waals surface area contributed by atoms with Gasteiger partial charge in [-0.05, 0) is 18.2 Å². The number of fused-ring (bicyclic) bond motifs is 1. The molecule has 0 spiro atoms. The molecular formula is C16H14Cl2N2OS. The van der Waals surface area contributed by atoms with Gasteiger partial charge in [0.25, 0.3) is 0 Å². The summed E-state index contributed by atoms with van der Waals surface area (Å²) in [5, 5.41) is 3.08. The van der Waals surface area contributed by atoms with Crippen LogP contribution in [0.25, 0.3) is 16.2 Å². The maximum Gasteiger partial charge on any atom is 0.195 e. The smallest absolute Gasteiger partial charge is 0.195 e. The van der Waals surface area contributed by atoms with Gasteiger partial charge in [-0.3, -0.25) is 9.20 Å². The van der Waals surface area contributed by atoms with Gasteiger partial charge in [-0.15, -0.1) is 11.3 Å². The first-order chi connectivity index (χ1) is 10.3. The van der Waals surface area contributed by atoms with Crippen molar-refractivity contribution in [1.29, 1.82) is 0 Å². The van der Waals surface area contributed by atoms with Crippen LogP contribution >= 0.6 is 34.5 Å². The number of aromatic nitrogens is 2. The lowest BCUT2D eigenvalue weighted by Gasteiger charge is -2.17. The number of benzene rings is 1. The molecule has 22 heavy (non-hydrogen) atoms. The first-order valence-electron chi connectivity index (χ1n) is 6.74. The van der Waals surface area contributed by atoms with Crippen LogP contribution in [0.2, 0.25) is 10.0 Å². The zero-order chi connectivity index (χ0) is 16.1. The summed E-state index contributed by atoms with van der Waals surface area (Å²) in [6.07, 6.45) is 0.836. The molecule has 0 aliphatic rings. The fourth-order valence-electron chi connectivity index (χ4n) is 2.39. The molecule has 0 atom stereocenters. The largest absolute Gasteiger partial charge is 0.296 e. The van der Waals surface area contributed by atoms with Crippen molar-refractivity contribution >= 4 is 45.8 Å². The maximum atomic E-state index is 11.7. The number of carbonyl (C=O) groups is 1. The van der Waals surface area contributed by atoms with Gasteiger partial charge in [-0.25, -0.2) is 4.98 Å². The van der Waals surface area contributed by atoms with Crippen LogP contribution in [0.4, 0.5) is 0 Å². The summed E-state index contributed by atoms with van der Waals surface area (Å²) in [5.41, 5.74) is 2.79. The highest BCUT2D eigenvalue weighted by Gasteiger charge is 2.24. The molecule has 0 saturated heterocycles. The first kappa shape index (κ1) is 15.5. The fraction of sp³-hybridized carbons (Fsp3) is 0.250. The van der Waals surface area contributed by atoms with E-state index in [1.54, 1.807) is 18.2 Å². The molecule has 6 heteroatoms. The van der Waals surface area contributed by atoms with E-state index in [2.05, 4.69) is 25.8 Å². The molecule has 0 N–H and O–H groups in total. The molecule has 0 saturated carbocycles. The van der Waals surface area contributed by atoms with Gasteiger partial charge in [0, 0.05) is 27.1 Å². The zero-order valence-electron chi connectivity index (χ0n) is 12.4. The Labute approximate surface area is 142 Å². The number of aldehydes is 1. The average molecular weight is 353 g/mol. The van der Waals surface area contributed by atoms with Crippen LogP contribution in [0, 0.1) is 0 Å². The van der Waals surface area contributed by atoms with Gasteiger partial charge in [-0.1, -0.05) is 44.0 Å². The van der Waals surface area contributed by atoms with E-state index in [4.69, 9.17) is 23.2 Å². The molecular weight excluding hydrogens is 339 g/mol. The summed E-state index contributed by atoms with van der Waals surface area (Å²) >= 11 is 13.7. The topological polar surface area (TPSA) is 34.4 Å². The summed E-state index contributed by atoms with van der Waals surface area (Å²) in [6, 6.07) is 5.20. The molecule has 0 amide bonds. The summed E-state index contributed by atoms with van der Waals surface area (Å²) in [4.78, 5) is 17.1. The molecule has 0 bridgehead atoms. The van der Waals surface area contributed by atoms with E-state index in [1.807, 2.05) is 9.78 Å². The molecule has 2 aromatic heterocycles. The monoisotopic (exact) mass is 352 g/mol. The Balaban J connectivity index is 2.32. The highest BCUT2D eigenvalue weighted by atomic mass is 35.5. The molecule has 3 nitrogen and oxygen atoms in total. The lowest BCUT2D eigenvalue weighted by molar-refractivity contribution is 0.111. The molecule has 1 aromatic carbocycles. The minimum absolute atomic E-state index is 0.0855. The van der Waals surface area contributed by atoms with Crippen LogP contribution in [0.15, 0.2) is 23.6 Å². The molecule has 0 aliphatic carbocycles. The van der Waals surface area contributed by atoms with Crippen LogP contribution in [0.3, 0.4) is 0 Å². The van der Waals surface area contributed by atoms with E-state index in [9.17, 15) is 4.79 Å². The number of nitrogens with zero attached hydrogens (tertiary/aromatic N) is 2. The molecule has 0 radical (unpaired) electrons. The third kappa shape index (κ3) is 2.45. The lowest BCUT2D eigenvalue weighted by atomic mass is 9.93. The fourth-order valence-corrected chi connectivity index (χ4v) is 4.01. The maximum absolute atomic E-state index is 11.7. The predicted octanol–water partition coefficient (Wildman–Crippen LogP) is 5.48. The summed E-state index contributed by atoms with van der Waals surface area (Å²) < 4.78 is 1.91. The normalized spacial score (nSPS) is 12.0. The van der Waals surface area contributed by atoms with E-state index >= 15 is 0 Å². The Morgan fingerprint density at radius 2 is 2.00 bits per heavy atom. The summed E-state index contributed by atoms with van der Waals surface area (Å²) in [6.45, 7) is 6.33. The number of thiazole rings is 1. The minimum atomic E-state index is -0.0855. The Hall–Kier alpha value is -1.36. The van der Waals surface area contributed by atoms with Crippen molar-refractivity contribution in [3.8, 4) is 11.3 Å². The Morgan fingerprint density at radius 3 is 2.59 bits per heavy atom. The molecule has 0 fully saturated rings. The zero-order valence-corrected chi connectivity index (χ0v) is 14.7. The Morgan fingerprint density at radius 1 is 1.27 bits per heavy atom. The van der Waals surface area contributed by atoms with Crippen LogP contribution in [-0.4, -0.2) is 15.7 Å². The van der Waals surface area contributed by atoms with Gasteiger partial charge >= 0.3 is 0 Å². The molecule has 114 valence electrons. The van der Waals surface area contributed by atoms with Crippen molar-refractivity contribution in [3.05, 3.63) is 45.0 Å². The Kier molecular flexibility index (Phi) is 3.79. The molecule has 3 aromatic rings. The second-order valence-corrected chi connectivity index (χ2v) is 7.76. The number of hydrogen-bond acceptors (Lipinski definition) is 3. The van der Waals surface area contributed by atoms with Crippen LogP contribution in [0.1, 0.15) is 37.0 Å². The molecule has 0 aliphatic heterocycles. The lowest BCUT2D eigenvalue weighted by Crippen LogP contribution is -2.15. The third-order valence-corrected chi connectivity index (χ3v) is 4.84. The van der Waals surface area contributed by atoms with Crippen molar-refractivity contribution in [3.63, 3.8) is 0 Å². The predicted molar refractivity (Wildman–Crippen MR) is 92.6 cm³/mol. The number of imidazole rings is 1. The van der Waals surface area contributed by atoms with E-state index in [0.717, 1.165) is 16.9 Å². The first-order valence-corrected chi connectivity index (χ1v) is 8.37. The molecule has 2 heterocycles. The van der Waals surface area contributed by atoms with Crippen LogP contribution in [-0.2, 0) is 5.41 Å². The van der Waals surface area contributed by atoms with Gasteiger partial charge in [0.15, 0.2) is 11.2 Å². The van der Waals surface area contributed by atoms with Crippen molar-refractivity contribution in [2.45, 2.75) is 26.2 Å². The second kappa shape index (κ2) is 5.37. The number of halogens is 2. The Bertz CT molecular complexity index is 874. The van der Waals surface area contributed by atoms with E-state index in [0.29, 0.717) is 27.0 Å². The number of hydrogen-bond donors (Lipinski definition) is 0. The van der Waals surface area contributed by atoms with Crippen molar-refractivity contribution in [2.24, 2.45) is 0 Å². The van der Waals surface area contributed by atoms with Gasteiger partial charge in [0.2, 0.25) is 0 Å². The van der Waals surface area contributed by atoms with Crippen LogP contribution < -0.4 is 0 Å². The second-order valence-electron chi connectivity index (χ2n) is 6.08. The van der Waals surface area contributed by atoms with Crippen molar-refractivity contribution in [2.75, 3.05) is 0 Å². The van der Waals surface area contributed by atoms with Crippen molar-refractivity contribution in [1.82, 2.24) is 9.38 Å². The summed E-state index contributed by atoms with van der Waals surface area (Å²) in [7, 11) is 0. The van der Waals surface area contributed by atoms with Gasteiger partial charge in [0.05, 0.1) is 5.02 Å². The van der Waals surface area contributed by atoms with Gasteiger partial charge in [-0.2, -0.15) is 0 Å². The highest BCUT2D eigenvalue weighted by molar-refractivity contribution is 7.15. The SMILES string of the molecule is CC(C)(C)c1csc2nc(-c3ccc(Cl)cc3Cl)c(C=O)n12. The van der Waals surface area contributed by atoms with Crippen molar-refractivity contribution < 1.29 is 4.79 Å². The van der Waals surface area contributed by atoms with Gasteiger partial charge < -0.3 is 0 Å². The number of carbonyl (C=O) groups excluding carboxylic acids is 1. The number of rotatable bonds is 2. The molecule has 0 unspecified atom stereocenters. The van der Waals surface area contributed by atoms with Crippen LogP contribution in [0.5, 0.6) is 0 Å². The standard InChI is InChI=1S/C16H14Cl2N2OS/c1-16(2,3)13-8-22-15-19-14(12(7-21)20(13)15)10-5-4-9(17)6-11(10)18/h4-8H,1-3H3. The highest BCUT2D eigenvalue weighted by Crippen LogP contribution is 2.36. The average Bonchev–Trinajstić information content (AvgIpc) is 2.95. The quantitative estimate of drug-likeness (QED) is 0.572. The molecule has 3 rings (SSSR count). The van der Waals surface area contributed by atoms with Gasteiger partial charge in [0.1, 0.15) is 11.4 Å².